The summed E-state index contributed by atoms with van der Waals surface area (Å²) in [6.07, 6.45) is 1.72. The molecular formula is C22H15N3O2S. The predicted octanol–water partition coefficient (Wildman–Crippen LogP) is 4.07. The number of nitrogens with one attached hydrogen (secondary N) is 1. The van der Waals surface area contributed by atoms with Crippen LogP contribution in [0.3, 0.4) is 0 Å². The van der Waals surface area contributed by atoms with Crippen LogP contribution < -0.4 is 5.43 Å². The Balaban J connectivity index is 1.58. The molecule has 0 saturated carbocycles. The van der Waals surface area contributed by atoms with Crippen molar-refractivity contribution in [2.75, 3.05) is 0 Å². The molecule has 28 heavy (non-hydrogen) atoms. The van der Waals surface area contributed by atoms with Gasteiger partial charge in [-0.15, -0.1) is 4.40 Å². The normalized spacial score (nSPS) is 15.1. The molecule has 5 nitrogen and oxygen atoms in total. The summed E-state index contributed by atoms with van der Waals surface area (Å²) in [4.78, 5) is 0.198. The maximum atomic E-state index is 12.2. The van der Waals surface area contributed by atoms with Crippen LogP contribution in [0.5, 0.6) is 0 Å². The highest BCUT2D eigenvalue weighted by molar-refractivity contribution is 7.90. The fraction of sp³-hybridized carbons (Fsp3) is 0. The fourth-order valence-corrected chi connectivity index (χ4v) is 4.70. The van der Waals surface area contributed by atoms with Crippen molar-refractivity contribution in [3.8, 4) is 0 Å². The quantitative estimate of drug-likeness (QED) is 0.321. The minimum atomic E-state index is -3.67. The van der Waals surface area contributed by atoms with Gasteiger partial charge in [-0.3, -0.25) is 5.43 Å². The van der Waals surface area contributed by atoms with Crippen molar-refractivity contribution in [1.82, 2.24) is 5.43 Å². The molecule has 1 N–H and O–H groups in total. The van der Waals surface area contributed by atoms with Crippen LogP contribution in [0.4, 0.5) is 0 Å². The number of sulfonamides is 1. The minimum absolute atomic E-state index is 0.198. The van der Waals surface area contributed by atoms with Crippen LogP contribution in [-0.4, -0.2) is 20.5 Å². The molecule has 0 spiro atoms. The molecule has 0 bridgehead atoms. The number of rotatable bonds is 2. The first-order valence-electron chi connectivity index (χ1n) is 8.77. The smallest absolute Gasteiger partial charge is 0.260 e. The molecule has 4 aromatic carbocycles. The molecule has 1 heterocycles. The van der Waals surface area contributed by atoms with Crippen LogP contribution in [0.25, 0.3) is 21.5 Å². The summed E-state index contributed by atoms with van der Waals surface area (Å²) in [7, 11) is -3.67. The minimum Gasteiger partial charge on any atom is -0.260 e. The van der Waals surface area contributed by atoms with Crippen molar-refractivity contribution in [3.05, 3.63) is 90.0 Å². The summed E-state index contributed by atoms with van der Waals surface area (Å²) in [5.41, 5.74) is 4.31. The van der Waals surface area contributed by atoms with E-state index in [-0.39, 0.29) is 10.7 Å². The van der Waals surface area contributed by atoms with E-state index in [0.717, 1.165) is 27.1 Å². The van der Waals surface area contributed by atoms with Crippen LogP contribution in [0.2, 0.25) is 0 Å². The number of hydrogen-bond donors (Lipinski definition) is 1. The number of amidine groups is 1. The van der Waals surface area contributed by atoms with Gasteiger partial charge in [0.25, 0.3) is 10.0 Å². The van der Waals surface area contributed by atoms with Gasteiger partial charge in [-0.25, -0.2) is 0 Å². The van der Waals surface area contributed by atoms with Crippen LogP contribution in [0, 0.1) is 0 Å². The monoisotopic (exact) mass is 385 g/mol. The first-order chi connectivity index (χ1) is 13.6. The van der Waals surface area contributed by atoms with E-state index in [1.165, 1.54) is 0 Å². The molecule has 1 aliphatic heterocycles. The highest BCUT2D eigenvalue weighted by Crippen LogP contribution is 2.27. The third-order valence-corrected chi connectivity index (χ3v) is 6.14. The Morgan fingerprint density at radius 1 is 0.821 bits per heavy atom. The van der Waals surface area contributed by atoms with Gasteiger partial charge in [0.15, 0.2) is 5.84 Å². The summed E-state index contributed by atoms with van der Waals surface area (Å²) in [5.74, 6) is 0.233. The standard InChI is InChI=1S/C22H15N3O2S/c26-28(27)21-12-6-5-11-19(21)22(25-28)24-23-14-20-17-9-3-1-7-15(17)13-16-8-2-4-10-18(16)20/h1-14H,(H,24,25)/b23-14+. The first kappa shape index (κ1) is 16.6. The number of nitrogens with zero attached hydrogens (tertiary/aromatic N) is 2. The van der Waals surface area contributed by atoms with E-state index in [2.05, 4.69) is 45.3 Å². The lowest BCUT2D eigenvalue weighted by molar-refractivity contribution is 0.599. The summed E-state index contributed by atoms with van der Waals surface area (Å²) in [6, 6.07) is 25.1. The first-order valence-corrected chi connectivity index (χ1v) is 10.2. The van der Waals surface area contributed by atoms with E-state index in [0.29, 0.717) is 5.56 Å². The van der Waals surface area contributed by atoms with E-state index in [1.807, 2.05) is 24.3 Å². The number of hydrazone groups is 1. The van der Waals surface area contributed by atoms with Crippen LogP contribution in [-0.2, 0) is 10.0 Å². The Labute approximate surface area is 162 Å². The molecule has 1 aliphatic rings. The zero-order valence-electron chi connectivity index (χ0n) is 14.7. The largest absolute Gasteiger partial charge is 0.285 e. The molecular weight excluding hydrogens is 370 g/mol. The zero-order valence-corrected chi connectivity index (χ0v) is 15.5. The third kappa shape index (κ3) is 2.66. The molecule has 136 valence electrons. The Morgan fingerprint density at radius 2 is 1.43 bits per heavy atom. The van der Waals surface area contributed by atoms with Gasteiger partial charge in [0.2, 0.25) is 0 Å². The second kappa shape index (κ2) is 6.28. The van der Waals surface area contributed by atoms with Crippen molar-refractivity contribution in [3.63, 3.8) is 0 Å². The number of benzene rings is 4. The van der Waals surface area contributed by atoms with Gasteiger partial charge in [-0.05, 0) is 39.7 Å². The topological polar surface area (TPSA) is 70.9 Å². The molecule has 0 fully saturated rings. The molecule has 0 amide bonds. The molecule has 4 aromatic rings. The maximum absolute atomic E-state index is 12.2. The molecule has 6 heteroatoms. The van der Waals surface area contributed by atoms with E-state index in [1.54, 1.807) is 30.5 Å². The summed E-state index contributed by atoms with van der Waals surface area (Å²) >= 11 is 0. The molecule has 0 atom stereocenters. The Morgan fingerprint density at radius 3 is 2.14 bits per heavy atom. The van der Waals surface area contributed by atoms with Gasteiger partial charge in [0.05, 0.1) is 6.21 Å². The van der Waals surface area contributed by atoms with Crippen LogP contribution in [0.1, 0.15) is 11.1 Å². The van der Waals surface area contributed by atoms with Gasteiger partial charge < -0.3 is 0 Å². The van der Waals surface area contributed by atoms with Crippen LogP contribution in [0.15, 0.2) is 93.3 Å². The van der Waals surface area contributed by atoms with Crippen molar-refractivity contribution in [1.29, 1.82) is 0 Å². The van der Waals surface area contributed by atoms with Crippen LogP contribution >= 0.6 is 0 Å². The Kier molecular flexibility index (Phi) is 3.74. The fourth-order valence-electron chi connectivity index (χ4n) is 3.53. The van der Waals surface area contributed by atoms with E-state index >= 15 is 0 Å². The molecule has 0 saturated heterocycles. The summed E-state index contributed by atoms with van der Waals surface area (Å²) in [6.45, 7) is 0. The average molecular weight is 385 g/mol. The molecule has 5 rings (SSSR count). The maximum Gasteiger partial charge on any atom is 0.285 e. The average Bonchev–Trinajstić information content (AvgIpc) is 2.98. The molecule has 0 radical (unpaired) electrons. The summed E-state index contributed by atoms with van der Waals surface area (Å²) < 4.78 is 28.1. The number of hydrogen-bond acceptors (Lipinski definition) is 4. The van der Waals surface area contributed by atoms with Gasteiger partial charge >= 0.3 is 0 Å². The van der Waals surface area contributed by atoms with E-state index < -0.39 is 10.0 Å². The highest BCUT2D eigenvalue weighted by atomic mass is 32.2. The lowest BCUT2D eigenvalue weighted by Gasteiger charge is -2.08. The number of fused-ring (bicyclic) bond motifs is 3. The summed E-state index contributed by atoms with van der Waals surface area (Å²) in [5, 5.41) is 8.71. The van der Waals surface area contributed by atoms with Gasteiger partial charge in [0.1, 0.15) is 4.90 Å². The molecule has 0 aliphatic carbocycles. The Hall–Kier alpha value is -3.51. The second-order valence-corrected chi connectivity index (χ2v) is 8.09. The van der Waals surface area contributed by atoms with Crippen molar-refractivity contribution < 1.29 is 8.42 Å². The zero-order chi connectivity index (χ0) is 19.1. The highest BCUT2D eigenvalue weighted by Gasteiger charge is 2.28. The van der Waals surface area contributed by atoms with Crippen molar-refractivity contribution in [2.45, 2.75) is 4.90 Å². The molecule has 0 unspecified atom stereocenters. The SMILES string of the molecule is O=S1(=O)N=C(N/N=C/c2c3ccccc3cc3ccccc23)c2ccccc21. The molecule has 0 aromatic heterocycles. The van der Waals surface area contributed by atoms with Gasteiger partial charge in [-0.2, -0.15) is 13.5 Å². The van der Waals surface area contributed by atoms with Crippen molar-refractivity contribution >= 4 is 43.6 Å². The second-order valence-electron chi connectivity index (χ2n) is 6.51. The Bertz CT molecular complexity index is 1350. The third-order valence-electron chi connectivity index (χ3n) is 4.81. The lowest BCUT2D eigenvalue weighted by atomic mass is 9.97. The van der Waals surface area contributed by atoms with Gasteiger partial charge in [-0.1, -0.05) is 60.7 Å². The van der Waals surface area contributed by atoms with E-state index in [9.17, 15) is 8.42 Å². The predicted molar refractivity (Wildman–Crippen MR) is 112 cm³/mol. The van der Waals surface area contributed by atoms with Gasteiger partial charge in [0, 0.05) is 11.1 Å². The lowest BCUT2D eigenvalue weighted by Crippen LogP contribution is -2.17. The van der Waals surface area contributed by atoms with E-state index in [4.69, 9.17) is 0 Å². The van der Waals surface area contributed by atoms with Crippen molar-refractivity contribution in [2.24, 2.45) is 9.50 Å².